The summed E-state index contributed by atoms with van der Waals surface area (Å²) >= 11 is 0. The average molecular weight is 254 g/mol. The highest BCUT2D eigenvalue weighted by Gasteiger charge is 2.42. The van der Waals surface area contributed by atoms with Crippen molar-refractivity contribution in [3.8, 4) is 5.75 Å². The van der Waals surface area contributed by atoms with E-state index in [9.17, 15) is 0 Å². The molecule has 0 saturated carbocycles. The molecule has 0 amide bonds. The molecule has 0 aliphatic carbocycles. The molecule has 94 valence electrons. The summed E-state index contributed by atoms with van der Waals surface area (Å²) in [6, 6.07) is 6.36. The van der Waals surface area contributed by atoms with E-state index < -0.39 is 0 Å². The second kappa shape index (κ2) is 4.69. The highest BCUT2D eigenvalue weighted by molar-refractivity contribution is 5.93. The van der Waals surface area contributed by atoms with Crippen LogP contribution in [0.25, 0.3) is 0 Å². The predicted molar refractivity (Wildman–Crippen MR) is 67.2 cm³/mol. The molecule has 1 aliphatic heterocycles. The van der Waals surface area contributed by atoms with E-state index in [0.717, 1.165) is 12.3 Å². The van der Waals surface area contributed by atoms with Gasteiger partial charge in [0.05, 0.1) is 12.5 Å². The molecular weight excluding hydrogens is 234 g/mol. The SMILES string of the molecule is CC[N+]1=C(C)C(C)(C)c2cc(OC)ccc21.[Cl-]. The molecule has 0 fully saturated rings. The first-order valence-electron chi connectivity index (χ1n) is 5.82. The Bertz CT molecular complexity index is 463. The van der Waals surface area contributed by atoms with Gasteiger partial charge in [0.2, 0.25) is 5.69 Å². The zero-order chi connectivity index (χ0) is 11.9. The molecule has 0 N–H and O–H groups in total. The molecule has 0 unspecified atom stereocenters. The van der Waals surface area contributed by atoms with Crippen molar-refractivity contribution < 1.29 is 21.7 Å². The van der Waals surface area contributed by atoms with E-state index in [2.05, 4.69) is 44.4 Å². The van der Waals surface area contributed by atoms with Crippen LogP contribution in [-0.4, -0.2) is 23.9 Å². The van der Waals surface area contributed by atoms with Crippen molar-refractivity contribution >= 4 is 11.4 Å². The Hall–Kier alpha value is -1.02. The normalized spacial score (nSPS) is 16.5. The molecular formula is C14H20ClNO. The van der Waals surface area contributed by atoms with Gasteiger partial charge in [-0.1, -0.05) is 0 Å². The Morgan fingerprint density at radius 1 is 1.29 bits per heavy atom. The molecule has 1 aliphatic rings. The molecule has 0 radical (unpaired) electrons. The van der Waals surface area contributed by atoms with Crippen molar-refractivity contribution in [2.75, 3.05) is 13.7 Å². The zero-order valence-corrected chi connectivity index (χ0v) is 11.9. The van der Waals surface area contributed by atoms with Crippen LogP contribution in [0, 0.1) is 0 Å². The third-order valence-corrected chi connectivity index (χ3v) is 3.79. The van der Waals surface area contributed by atoms with Gasteiger partial charge in [0.25, 0.3) is 0 Å². The number of methoxy groups -OCH3 is 1. The van der Waals surface area contributed by atoms with Crippen LogP contribution in [0.15, 0.2) is 18.2 Å². The lowest BCUT2D eigenvalue weighted by Gasteiger charge is -2.15. The number of fused-ring (bicyclic) bond motifs is 1. The minimum atomic E-state index is 0. The Morgan fingerprint density at radius 2 is 1.94 bits per heavy atom. The predicted octanol–water partition coefficient (Wildman–Crippen LogP) is 0.115. The Morgan fingerprint density at radius 3 is 2.47 bits per heavy atom. The standard InChI is InChI=1S/C14H20NO.ClH/c1-6-15-10(2)14(3,4)12-9-11(16-5)7-8-13(12)15;/h7-9H,6H2,1-5H3;1H/q+1;/p-1. The van der Waals surface area contributed by atoms with Gasteiger partial charge in [0, 0.05) is 18.6 Å². The van der Waals surface area contributed by atoms with E-state index in [1.807, 2.05) is 6.07 Å². The van der Waals surface area contributed by atoms with Crippen molar-refractivity contribution in [2.45, 2.75) is 33.1 Å². The van der Waals surface area contributed by atoms with Crippen LogP contribution in [-0.2, 0) is 5.41 Å². The molecule has 0 atom stereocenters. The van der Waals surface area contributed by atoms with E-state index in [1.54, 1.807) is 7.11 Å². The van der Waals surface area contributed by atoms with Crippen molar-refractivity contribution in [3.05, 3.63) is 23.8 Å². The van der Waals surface area contributed by atoms with Crippen molar-refractivity contribution in [3.63, 3.8) is 0 Å². The van der Waals surface area contributed by atoms with E-state index >= 15 is 0 Å². The lowest BCUT2D eigenvalue weighted by atomic mass is 9.82. The number of benzene rings is 1. The lowest BCUT2D eigenvalue weighted by molar-refractivity contribution is -0.434. The third-order valence-electron chi connectivity index (χ3n) is 3.79. The largest absolute Gasteiger partial charge is 1.00 e. The maximum Gasteiger partial charge on any atom is 0.209 e. The van der Waals surface area contributed by atoms with Crippen molar-refractivity contribution in [2.24, 2.45) is 0 Å². The smallest absolute Gasteiger partial charge is 0.209 e. The third kappa shape index (κ3) is 1.95. The van der Waals surface area contributed by atoms with Crippen molar-refractivity contribution in [1.82, 2.24) is 0 Å². The molecule has 1 aromatic carbocycles. The maximum absolute atomic E-state index is 5.31. The fraction of sp³-hybridized carbons (Fsp3) is 0.500. The highest BCUT2D eigenvalue weighted by Crippen LogP contribution is 2.40. The van der Waals surface area contributed by atoms with Crippen LogP contribution >= 0.6 is 0 Å². The van der Waals surface area contributed by atoms with E-state index in [-0.39, 0.29) is 17.8 Å². The first kappa shape index (κ1) is 14.0. The quantitative estimate of drug-likeness (QED) is 0.682. The monoisotopic (exact) mass is 253 g/mol. The number of hydrogen-bond donors (Lipinski definition) is 0. The van der Waals surface area contributed by atoms with E-state index in [0.29, 0.717) is 0 Å². The first-order chi connectivity index (χ1) is 7.52. The van der Waals surface area contributed by atoms with Gasteiger partial charge < -0.3 is 17.1 Å². The molecule has 0 spiro atoms. The fourth-order valence-electron chi connectivity index (χ4n) is 2.50. The summed E-state index contributed by atoms with van der Waals surface area (Å²) < 4.78 is 7.69. The lowest BCUT2D eigenvalue weighted by Crippen LogP contribution is -3.00. The summed E-state index contributed by atoms with van der Waals surface area (Å²) in [7, 11) is 1.72. The van der Waals surface area contributed by atoms with Crippen molar-refractivity contribution in [1.29, 1.82) is 0 Å². The number of hydrogen-bond acceptors (Lipinski definition) is 1. The molecule has 1 aromatic rings. The van der Waals surface area contributed by atoms with Gasteiger partial charge >= 0.3 is 0 Å². The van der Waals surface area contributed by atoms with Crippen LogP contribution in [0.2, 0.25) is 0 Å². The summed E-state index contributed by atoms with van der Waals surface area (Å²) in [6.45, 7) is 9.98. The van der Waals surface area contributed by atoms with Gasteiger partial charge in [-0.05, 0) is 32.9 Å². The van der Waals surface area contributed by atoms with Gasteiger partial charge in [-0.3, -0.25) is 0 Å². The van der Waals surface area contributed by atoms with Gasteiger partial charge in [-0.15, -0.1) is 0 Å². The minimum Gasteiger partial charge on any atom is -1.00 e. The molecule has 17 heavy (non-hydrogen) atoms. The van der Waals surface area contributed by atoms with Crippen LogP contribution in [0.5, 0.6) is 5.75 Å². The molecule has 1 heterocycles. The number of rotatable bonds is 2. The molecule has 2 rings (SSSR count). The number of halogens is 1. The van der Waals surface area contributed by atoms with Crippen LogP contribution < -0.4 is 17.1 Å². The topological polar surface area (TPSA) is 12.2 Å². The zero-order valence-electron chi connectivity index (χ0n) is 11.2. The summed E-state index contributed by atoms with van der Waals surface area (Å²) in [5, 5.41) is 0. The molecule has 3 heteroatoms. The molecule has 0 saturated heterocycles. The molecule has 0 aromatic heterocycles. The average Bonchev–Trinajstić information content (AvgIpc) is 2.47. The minimum absolute atomic E-state index is 0. The van der Waals surface area contributed by atoms with Gasteiger partial charge in [0.1, 0.15) is 12.3 Å². The molecule has 0 bridgehead atoms. The fourth-order valence-corrected chi connectivity index (χ4v) is 2.50. The molecule has 2 nitrogen and oxygen atoms in total. The number of nitrogens with zero attached hydrogens (tertiary/aromatic N) is 1. The second-order valence-corrected chi connectivity index (χ2v) is 4.84. The number of ether oxygens (including phenoxy) is 1. The van der Waals surface area contributed by atoms with E-state index in [1.165, 1.54) is 17.0 Å². The Labute approximate surface area is 110 Å². The Kier molecular flexibility index (Phi) is 3.88. The van der Waals surface area contributed by atoms with Gasteiger partial charge in [0.15, 0.2) is 5.71 Å². The second-order valence-electron chi connectivity index (χ2n) is 4.84. The van der Waals surface area contributed by atoms with Crippen LogP contribution in [0.1, 0.15) is 33.3 Å². The first-order valence-corrected chi connectivity index (χ1v) is 5.82. The van der Waals surface area contributed by atoms with Gasteiger partial charge in [-0.25, -0.2) is 0 Å². The summed E-state index contributed by atoms with van der Waals surface area (Å²) in [5.74, 6) is 0.942. The summed E-state index contributed by atoms with van der Waals surface area (Å²) in [4.78, 5) is 0. The van der Waals surface area contributed by atoms with Gasteiger partial charge in [-0.2, -0.15) is 4.58 Å². The van der Waals surface area contributed by atoms with E-state index in [4.69, 9.17) is 4.74 Å². The maximum atomic E-state index is 5.31. The summed E-state index contributed by atoms with van der Waals surface area (Å²) in [6.07, 6.45) is 0. The van der Waals surface area contributed by atoms with Crippen LogP contribution in [0.3, 0.4) is 0 Å². The highest BCUT2D eigenvalue weighted by atomic mass is 35.5. The summed E-state index contributed by atoms with van der Waals surface area (Å²) in [5.41, 5.74) is 4.22. The van der Waals surface area contributed by atoms with Crippen LogP contribution in [0.4, 0.5) is 5.69 Å². The Balaban J connectivity index is 0.00000144.